The number of benzene rings is 2. The first-order valence-electron chi connectivity index (χ1n) is 9.54. The molecule has 7 heteroatoms. The number of nitrogens with one attached hydrogen (secondary N) is 1. The van der Waals surface area contributed by atoms with Gasteiger partial charge in [0.2, 0.25) is 5.82 Å². The van der Waals surface area contributed by atoms with Crippen LogP contribution in [0.15, 0.2) is 53.1 Å². The van der Waals surface area contributed by atoms with Crippen molar-refractivity contribution in [3.8, 4) is 28.6 Å². The maximum Gasteiger partial charge on any atom is 0.258 e. The van der Waals surface area contributed by atoms with E-state index in [0.717, 1.165) is 44.7 Å². The Morgan fingerprint density at radius 1 is 1.11 bits per heavy atom. The lowest BCUT2D eigenvalue weighted by Gasteiger charge is -2.26. The summed E-state index contributed by atoms with van der Waals surface area (Å²) >= 11 is 0. The van der Waals surface area contributed by atoms with Crippen LogP contribution in [0.3, 0.4) is 0 Å². The van der Waals surface area contributed by atoms with E-state index in [1.54, 1.807) is 12.1 Å². The molecular weight excluding hydrogens is 359 g/mol. The Bertz CT molecular complexity index is 894. The van der Waals surface area contributed by atoms with Crippen LogP contribution in [-0.2, 0) is 0 Å². The fourth-order valence-corrected chi connectivity index (χ4v) is 3.21. The second-order valence-electron chi connectivity index (χ2n) is 6.72. The van der Waals surface area contributed by atoms with Gasteiger partial charge >= 0.3 is 0 Å². The van der Waals surface area contributed by atoms with Gasteiger partial charge in [0, 0.05) is 44.4 Å². The molecule has 4 rings (SSSR count). The van der Waals surface area contributed by atoms with Gasteiger partial charge < -0.3 is 19.5 Å². The number of rotatable bonds is 7. The van der Waals surface area contributed by atoms with E-state index >= 15 is 0 Å². The van der Waals surface area contributed by atoms with Gasteiger partial charge in [-0.1, -0.05) is 23.4 Å². The first kappa shape index (κ1) is 18.6. The Balaban J connectivity index is 1.35. The van der Waals surface area contributed by atoms with E-state index in [-0.39, 0.29) is 5.82 Å². The normalized spacial score (nSPS) is 14.9. The number of ether oxygens (including phenoxy) is 1. The minimum Gasteiger partial charge on any atom is -0.493 e. The third-order valence-electron chi connectivity index (χ3n) is 4.73. The standard InChI is InChI=1S/C21H23FN4O2/c22-19-15-17(27-14-4-11-26-12-9-23-10-13-26)7-8-18(19)20-24-21(28-25-20)16-5-2-1-3-6-16/h1-3,5-8,15,23H,4,9-14H2. The highest BCUT2D eigenvalue weighted by molar-refractivity contribution is 5.61. The van der Waals surface area contributed by atoms with Gasteiger partial charge in [-0.15, -0.1) is 0 Å². The number of halogens is 1. The van der Waals surface area contributed by atoms with Gasteiger partial charge in [-0.05, 0) is 30.7 Å². The first-order valence-corrected chi connectivity index (χ1v) is 9.54. The van der Waals surface area contributed by atoms with E-state index in [1.807, 2.05) is 30.3 Å². The van der Waals surface area contributed by atoms with E-state index in [1.165, 1.54) is 6.07 Å². The minimum absolute atomic E-state index is 0.224. The fraction of sp³-hybridized carbons (Fsp3) is 0.333. The molecule has 1 aliphatic heterocycles. The summed E-state index contributed by atoms with van der Waals surface area (Å²) in [5.41, 5.74) is 1.09. The zero-order chi connectivity index (χ0) is 19.2. The summed E-state index contributed by atoms with van der Waals surface area (Å²) in [6.07, 6.45) is 0.911. The summed E-state index contributed by atoms with van der Waals surface area (Å²) in [7, 11) is 0. The molecule has 28 heavy (non-hydrogen) atoms. The molecule has 1 aromatic heterocycles. The average molecular weight is 382 g/mol. The number of aromatic nitrogens is 2. The van der Waals surface area contributed by atoms with E-state index in [4.69, 9.17) is 9.26 Å². The molecule has 0 amide bonds. The van der Waals surface area contributed by atoms with Crippen LogP contribution in [0.2, 0.25) is 0 Å². The zero-order valence-electron chi connectivity index (χ0n) is 15.6. The molecule has 2 aromatic carbocycles. The van der Waals surface area contributed by atoms with Gasteiger partial charge in [0.15, 0.2) is 0 Å². The molecule has 0 unspecified atom stereocenters. The lowest BCUT2D eigenvalue weighted by molar-refractivity contribution is 0.213. The third-order valence-corrected chi connectivity index (χ3v) is 4.73. The molecule has 0 bridgehead atoms. The Morgan fingerprint density at radius 3 is 2.71 bits per heavy atom. The van der Waals surface area contributed by atoms with Gasteiger partial charge in [-0.3, -0.25) is 0 Å². The van der Waals surface area contributed by atoms with Crippen LogP contribution in [0.4, 0.5) is 4.39 Å². The zero-order valence-corrected chi connectivity index (χ0v) is 15.6. The largest absolute Gasteiger partial charge is 0.493 e. The van der Waals surface area contributed by atoms with Crippen LogP contribution >= 0.6 is 0 Å². The highest BCUT2D eigenvalue weighted by Gasteiger charge is 2.15. The molecule has 2 heterocycles. The van der Waals surface area contributed by atoms with Crippen LogP contribution in [0.1, 0.15) is 6.42 Å². The van der Waals surface area contributed by atoms with E-state index in [9.17, 15) is 4.39 Å². The van der Waals surface area contributed by atoms with Crippen molar-refractivity contribution < 1.29 is 13.7 Å². The monoisotopic (exact) mass is 382 g/mol. The Hall–Kier alpha value is -2.77. The summed E-state index contributed by atoms with van der Waals surface area (Å²) in [6.45, 7) is 5.76. The predicted molar refractivity (Wildman–Crippen MR) is 105 cm³/mol. The first-order chi connectivity index (χ1) is 13.8. The molecule has 0 aliphatic carbocycles. The summed E-state index contributed by atoms with van der Waals surface area (Å²) in [4.78, 5) is 6.71. The number of hydrogen-bond acceptors (Lipinski definition) is 6. The van der Waals surface area contributed by atoms with Crippen molar-refractivity contribution in [2.45, 2.75) is 6.42 Å². The summed E-state index contributed by atoms with van der Waals surface area (Å²) in [5, 5.41) is 7.24. The maximum absolute atomic E-state index is 14.5. The highest BCUT2D eigenvalue weighted by atomic mass is 19.1. The quantitative estimate of drug-likeness (QED) is 0.633. The molecule has 1 aliphatic rings. The summed E-state index contributed by atoms with van der Waals surface area (Å²) in [6, 6.07) is 14.1. The van der Waals surface area contributed by atoms with Crippen molar-refractivity contribution in [3.05, 3.63) is 54.3 Å². The molecule has 6 nitrogen and oxygen atoms in total. The van der Waals surface area contributed by atoms with Gasteiger partial charge in [0.25, 0.3) is 5.89 Å². The molecule has 1 saturated heterocycles. The second-order valence-corrected chi connectivity index (χ2v) is 6.72. The third kappa shape index (κ3) is 4.55. The topological polar surface area (TPSA) is 63.4 Å². The van der Waals surface area contributed by atoms with Crippen molar-refractivity contribution in [2.75, 3.05) is 39.3 Å². The molecular formula is C21H23FN4O2. The molecule has 0 spiro atoms. The number of nitrogens with zero attached hydrogens (tertiary/aromatic N) is 3. The van der Waals surface area contributed by atoms with E-state index in [0.29, 0.717) is 23.8 Å². The van der Waals surface area contributed by atoms with Crippen molar-refractivity contribution in [3.63, 3.8) is 0 Å². The molecule has 0 saturated carbocycles. The highest BCUT2D eigenvalue weighted by Crippen LogP contribution is 2.26. The Morgan fingerprint density at radius 2 is 1.93 bits per heavy atom. The van der Waals surface area contributed by atoms with Gasteiger partial charge in [0.05, 0.1) is 12.2 Å². The van der Waals surface area contributed by atoms with E-state index in [2.05, 4.69) is 20.4 Å². The minimum atomic E-state index is -0.431. The molecule has 0 atom stereocenters. The van der Waals surface area contributed by atoms with E-state index < -0.39 is 5.82 Å². The molecule has 1 fully saturated rings. The summed E-state index contributed by atoms with van der Waals surface area (Å²) in [5.74, 6) is 0.665. The van der Waals surface area contributed by atoms with Crippen LogP contribution in [-0.4, -0.2) is 54.4 Å². The summed E-state index contributed by atoms with van der Waals surface area (Å²) < 4.78 is 25.5. The van der Waals surface area contributed by atoms with Crippen LogP contribution in [0, 0.1) is 5.82 Å². The average Bonchev–Trinajstić information content (AvgIpc) is 3.23. The second kappa shape index (κ2) is 8.95. The van der Waals surface area contributed by atoms with Crippen LogP contribution in [0.25, 0.3) is 22.8 Å². The fourth-order valence-electron chi connectivity index (χ4n) is 3.21. The van der Waals surface area contributed by atoms with Crippen molar-refractivity contribution in [1.29, 1.82) is 0 Å². The SMILES string of the molecule is Fc1cc(OCCCN2CCNCC2)ccc1-c1noc(-c2ccccc2)n1. The van der Waals surface area contributed by atoms with Gasteiger partial charge in [-0.2, -0.15) is 4.98 Å². The smallest absolute Gasteiger partial charge is 0.258 e. The van der Waals surface area contributed by atoms with Crippen LogP contribution in [0.5, 0.6) is 5.75 Å². The molecule has 0 radical (unpaired) electrons. The molecule has 3 aromatic rings. The Labute approximate surface area is 163 Å². The lowest BCUT2D eigenvalue weighted by atomic mass is 10.2. The predicted octanol–water partition coefficient (Wildman–Crippen LogP) is 3.22. The number of piperazine rings is 1. The van der Waals surface area contributed by atoms with Crippen molar-refractivity contribution >= 4 is 0 Å². The molecule has 146 valence electrons. The van der Waals surface area contributed by atoms with Crippen molar-refractivity contribution in [2.24, 2.45) is 0 Å². The number of hydrogen-bond donors (Lipinski definition) is 1. The molecule has 1 N–H and O–H groups in total. The lowest BCUT2D eigenvalue weighted by Crippen LogP contribution is -2.43. The van der Waals surface area contributed by atoms with Gasteiger partial charge in [0.1, 0.15) is 11.6 Å². The Kier molecular flexibility index (Phi) is 5.94. The van der Waals surface area contributed by atoms with Crippen LogP contribution < -0.4 is 10.1 Å². The maximum atomic E-state index is 14.5. The van der Waals surface area contributed by atoms with Gasteiger partial charge in [-0.25, -0.2) is 4.39 Å². The van der Waals surface area contributed by atoms with Crippen molar-refractivity contribution in [1.82, 2.24) is 20.4 Å².